The summed E-state index contributed by atoms with van der Waals surface area (Å²) in [6.07, 6.45) is 0. The first-order valence-corrected chi connectivity index (χ1v) is 6.10. The lowest BCUT2D eigenvalue weighted by Gasteiger charge is -2.10. The molecule has 0 amide bonds. The van der Waals surface area contributed by atoms with Crippen molar-refractivity contribution in [1.82, 2.24) is 0 Å². The van der Waals surface area contributed by atoms with E-state index in [-0.39, 0.29) is 5.82 Å². The van der Waals surface area contributed by atoms with E-state index in [1.54, 1.807) is 0 Å². The van der Waals surface area contributed by atoms with E-state index in [2.05, 4.69) is 18.3 Å². The van der Waals surface area contributed by atoms with Gasteiger partial charge in [-0.15, -0.1) is 0 Å². The number of anilines is 1. The van der Waals surface area contributed by atoms with Crippen molar-refractivity contribution in [2.24, 2.45) is 0 Å². The molecule has 2 aromatic rings. The molecule has 0 aliphatic carbocycles. The number of nitrogens with one attached hydrogen (secondary N) is 1. The maximum atomic E-state index is 13.2. The van der Waals surface area contributed by atoms with Gasteiger partial charge >= 0.3 is 0 Å². The number of rotatable bonds is 3. The van der Waals surface area contributed by atoms with Crippen LogP contribution in [0.15, 0.2) is 36.4 Å². The van der Waals surface area contributed by atoms with Crippen LogP contribution >= 0.6 is 0 Å². The van der Waals surface area contributed by atoms with Crippen molar-refractivity contribution >= 4 is 5.69 Å². The van der Waals surface area contributed by atoms with Gasteiger partial charge in [-0.1, -0.05) is 6.07 Å². The number of benzene rings is 2. The van der Waals surface area contributed by atoms with Crippen LogP contribution in [0.3, 0.4) is 0 Å². The third kappa shape index (κ3) is 3.11. The van der Waals surface area contributed by atoms with E-state index in [4.69, 9.17) is 5.26 Å². The van der Waals surface area contributed by atoms with Gasteiger partial charge in [-0.3, -0.25) is 0 Å². The molecule has 0 fully saturated rings. The van der Waals surface area contributed by atoms with Crippen LogP contribution in [0.25, 0.3) is 0 Å². The van der Waals surface area contributed by atoms with E-state index < -0.39 is 0 Å². The van der Waals surface area contributed by atoms with Gasteiger partial charge in [-0.25, -0.2) is 4.39 Å². The van der Waals surface area contributed by atoms with E-state index in [9.17, 15) is 4.39 Å². The van der Waals surface area contributed by atoms with Gasteiger partial charge in [0.15, 0.2) is 0 Å². The van der Waals surface area contributed by atoms with Crippen LogP contribution in [0.4, 0.5) is 10.1 Å². The number of aryl methyl sites for hydroxylation is 2. The largest absolute Gasteiger partial charge is 0.381 e. The number of nitrogens with zero attached hydrogens (tertiary/aromatic N) is 1. The van der Waals surface area contributed by atoms with Gasteiger partial charge in [0.05, 0.1) is 11.6 Å². The van der Waals surface area contributed by atoms with Crippen molar-refractivity contribution < 1.29 is 4.39 Å². The molecule has 0 aliphatic rings. The Hall–Kier alpha value is -2.34. The summed E-state index contributed by atoms with van der Waals surface area (Å²) >= 11 is 0. The molecular formula is C16H15FN2. The quantitative estimate of drug-likeness (QED) is 0.900. The zero-order valence-electron chi connectivity index (χ0n) is 11.0. The summed E-state index contributed by atoms with van der Waals surface area (Å²) in [5.41, 5.74) is 4.56. The summed E-state index contributed by atoms with van der Waals surface area (Å²) in [5.74, 6) is -0.323. The molecule has 96 valence electrons. The molecule has 19 heavy (non-hydrogen) atoms. The van der Waals surface area contributed by atoms with E-state index in [0.29, 0.717) is 17.7 Å². The van der Waals surface area contributed by atoms with Crippen LogP contribution in [-0.2, 0) is 6.54 Å². The molecule has 0 aromatic heterocycles. The summed E-state index contributed by atoms with van der Waals surface area (Å²) in [6.45, 7) is 4.53. The average Bonchev–Trinajstić information content (AvgIpc) is 2.40. The van der Waals surface area contributed by atoms with Crippen molar-refractivity contribution in [2.45, 2.75) is 20.4 Å². The summed E-state index contributed by atoms with van der Waals surface area (Å²) in [6, 6.07) is 12.3. The van der Waals surface area contributed by atoms with Gasteiger partial charge in [-0.2, -0.15) is 5.26 Å². The maximum Gasteiger partial charge on any atom is 0.123 e. The average molecular weight is 254 g/mol. The molecule has 0 bridgehead atoms. The highest BCUT2D eigenvalue weighted by Gasteiger charge is 2.04. The Balaban J connectivity index is 2.16. The predicted octanol–water partition coefficient (Wildman–Crippen LogP) is 3.93. The minimum absolute atomic E-state index is 0.323. The van der Waals surface area contributed by atoms with Crippen molar-refractivity contribution in [2.75, 3.05) is 5.32 Å². The fourth-order valence-electron chi connectivity index (χ4n) is 1.87. The second-order valence-corrected chi connectivity index (χ2v) is 4.57. The Bertz CT molecular complexity index is 642. The molecule has 0 atom stereocenters. The van der Waals surface area contributed by atoms with Crippen molar-refractivity contribution in [3.05, 3.63) is 64.5 Å². The van der Waals surface area contributed by atoms with Gasteiger partial charge in [-0.05, 0) is 60.9 Å². The first-order valence-electron chi connectivity index (χ1n) is 6.10. The minimum Gasteiger partial charge on any atom is -0.381 e. The standard InChI is InChI=1S/C16H15FN2/c1-11-3-6-16(7-12(11)2)19-10-14-8-15(17)5-4-13(14)9-18/h3-8,19H,10H2,1-2H3. The van der Waals surface area contributed by atoms with Crippen LogP contribution in [0, 0.1) is 31.0 Å². The predicted molar refractivity (Wildman–Crippen MR) is 74.4 cm³/mol. The zero-order chi connectivity index (χ0) is 13.8. The lowest BCUT2D eigenvalue weighted by atomic mass is 10.1. The van der Waals surface area contributed by atoms with Crippen LogP contribution in [0.2, 0.25) is 0 Å². The third-order valence-electron chi connectivity index (χ3n) is 3.18. The molecule has 0 heterocycles. The Morgan fingerprint density at radius 2 is 1.89 bits per heavy atom. The highest BCUT2D eigenvalue weighted by molar-refractivity contribution is 5.49. The third-order valence-corrected chi connectivity index (χ3v) is 3.18. The molecule has 1 N–H and O–H groups in total. The van der Waals surface area contributed by atoms with E-state index >= 15 is 0 Å². The molecule has 0 saturated carbocycles. The smallest absolute Gasteiger partial charge is 0.123 e. The highest BCUT2D eigenvalue weighted by Crippen LogP contribution is 2.17. The molecule has 3 heteroatoms. The van der Waals surface area contributed by atoms with Crippen molar-refractivity contribution in [1.29, 1.82) is 5.26 Å². The lowest BCUT2D eigenvalue weighted by Crippen LogP contribution is -2.02. The van der Waals surface area contributed by atoms with E-state index in [1.165, 1.54) is 29.3 Å². The summed E-state index contributed by atoms with van der Waals surface area (Å²) in [5, 5.41) is 12.2. The number of nitriles is 1. The normalized spacial score (nSPS) is 10.0. The summed E-state index contributed by atoms with van der Waals surface area (Å²) in [4.78, 5) is 0. The van der Waals surface area contributed by atoms with Gasteiger partial charge in [0.2, 0.25) is 0 Å². The Morgan fingerprint density at radius 1 is 1.11 bits per heavy atom. The van der Waals surface area contributed by atoms with Crippen LogP contribution < -0.4 is 5.32 Å². The van der Waals surface area contributed by atoms with E-state index in [0.717, 1.165) is 5.69 Å². The first-order chi connectivity index (χ1) is 9.10. The Labute approximate surface area is 112 Å². The number of hydrogen-bond donors (Lipinski definition) is 1. The maximum absolute atomic E-state index is 13.2. The molecule has 0 saturated heterocycles. The number of hydrogen-bond acceptors (Lipinski definition) is 2. The molecule has 0 spiro atoms. The zero-order valence-corrected chi connectivity index (χ0v) is 11.0. The topological polar surface area (TPSA) is 35.8 Å². The Morgan fingerprint density at radius 3 is 2.58 bits per heavy atom. The fraction of sp³-hybridized carbons (Fsp3) is 0.188. The second-order valence-electron chi connectivity index (χ2n) is 4.57. The molecule has 0 unspecified atom stereocenters. The second kappa shape index (κ2) is 5.53. The lowest BCUT2D eigenvalue weighted by molar-refractivity contribution is 0.625. The highest BCUT2D eigenvalue weighted by atomic mass is 19.1. The van der Waals surface area contributed by atoms with Gasteiger partial charge in [0.25, 0.3) is 0 Å². The molecule has 0 radical (unpaired) electrons. The van der Waals surface area contributed by atoms with Gasteiger partial charge in [0, 0.05) is 12.2 Å². The number of halogens is 1. The van der Waals surface area contributed by atoms with Gasteiger partial charge < -0.3 is 5.32 Å². The minimum atomic E-state index is -0.323. The monoisotopic (exact) mass is 254 g/mol. The summed E-state index contributed by atoms with van der Waals surface area (Å²) < 4.78 is 13.2. The summed E-state index contributed by atoms with van der Waals surface area (Å²) in [7, 11) is 0. The van der Waals surface area contributed by atoms with Crippen LogP contribution in [-0.4, -0.2) is 0 Å². The Kier molecular flexibility index (Phi) is 3.82. The molecule has 2 rings (SSSR count). The van der Waals surface area contributed by atoms with Crippen molar-refractivity contribution in [3.63, 3.8) is 0 Å². The van der Waals surface area contributed by atoms with Gasteiger partial charge in [0.1, 0.15) is 5.82 Å². The molecular weight excluding hydrogens is 239 g/mol. The SMILES string of the molecule is Cc1ccc(NCc2cc(F)ccc2C#N)cc1C. The molecule has 2 nitrogen and oxygen atoms in total. The van der Waals surface area contributed by atoms with Crippen molar-refractivity contribution in [3.8, 4) is 6.07 Å². The first kappa shape index (κ1) is 13.1. The molecule has 2 aromatic carbocycles. The molecule has 0 aliphatic heterocycles. The fourth-order valence-corrected chi connectivity index (χ4v) is 1.87. The van der Waals surface area contributed by atoms with E-state index in [1.807, 2.05) is 25.1 Å². The van der Waals surface area contributed by atoms with Crippen LogP contribution in [0.5, 0.6) is 0 Å². The van der Waals surface area contributed by atoms with Crippen LogP contribution in [0.1, 0.15) is 22.3 Å².